The third kappa shape index (κ3) is 8.68. The Hall–Kier alpha value is -6.26. The van der Waals surface area contributed by atoms with Gasteiger partial charge in [0.25, 0.3) is 0 Å². The molecule has 0 saturated carbocycles. The van der Waals surface area contributed by atoms with E-state index in [0.29, 0.717) is 0 Å². The number of fused-ring (bicyclic) bond motifs is 1. The van der Waals surface area contributed by atoms with Crippen LogP contribution in [0.25, 0.3) is 72.7 Å². The van der Waals surface area contributed by atoms with Crippen LogP contribution in [-0.2, 0) is 16.2 Å². The Morgan fingerprint density at radius 1 is 0.500 bits per heavy atom. The Morgan fingerprint density at radius 3 is 1.78 bits per heavy atom. The monoisotopic (exact) mass is 844 g/mol. The van der Waals surface area contributed by atoms with E-state index in [1.807, 2.05) is 6.20 Å². The van der Waals surface area contributed by atoms with Gasteiger partial charge in [-0.25, -0.2) is 4.98 Å². The Kier molecular flexibility index (Phi) is 11.6. The molecule has 4 nitrogen and oxygen atoms in total. The number of aromatic nitrogens is 3. The molecule has 2 heterocycles. The summed E-state index contributed by atoms with van der Waals surface area (Å²) in [4.78, 5) is 10.6. The molecule has 0 bridgehead atoms. The summed E-state index contributed by atoms with van der Waals surface area (Å²) >= 11 is 0. The number of phenolic OH excluding ortho intramolecular Hbond substituents is 1. The summed E-state index contributed by atoms with van der Waals surface area (Å²) < 4.78 is 2.31. The molecule has 6 aromatic carbocycles. The molecule has 0 radical (unpaired) electrons. The molecule has 2 aromatic heterocycles. The molecular formula is C60H65N3O. The van der Waals surface area contributed by atoms with Crippen molar-refractivity contribution in [2.24, 2.45) is 0 Å². The zero-order chi connectivity index (χ0) is 45.9. The fourth-order valence-electron chi connectivity index (χ4n) is 8.82. The number of nitrogens with zero attached hydrogens (tertiary/aromatic N) is 3. The van der Waals surface area contributed by atoms with Crippen LogP contribution in [0.2, 0.25) is 0 Å². The smallest absolute Gasteiger partial charge is 0.149 e. The van der Waals surface area contributed by atoms with Crippen molar-refractivity contribution in [2.75, 3.05) is 0 Å². The van der Waals surface area contributed by atoms with Crippen LogP contribution in [0.1, 0.15) is 130 Å². The highest BCUT2D eigenvalue weighted by Gasteiger charge is 2.28. The van der Waals surface area contributed by atoms with Crippen LogP contribution < -0.4 is 0 Å². The SMILES string of the molecule is CC(C)c1cc(-c2nc3c(-c4cc(-c5cc(-c6ccc(C(C)(C)C)cc6)ccn5)cc(C(C)(C)C)c4)cccc3n2-c2ccc(-c3ccccc3)cc2C(C)(C)C)c(O)c(C(C)C)c1. The maximum atomic E-state index is 12.3. The second-order valence-corrected chi connectivity index (χ2v) is 21.4. The maximum absolute atomic E-state index is 12.3. The lowest BCUT2D eigenvalue weighted by Gasteiger charge is -2.26. The Bertz CT molecular complexity index is 2980. The van der Waals surface area contributed by atoms with E-state index in [1.165, 1.54) is 38.9 Å². The van der Waals surface area contributed by atoms with Gasteiger partial charge in [0.15, 0.2) is 0 Å². The summed E-state index contributed by atoms with van der Waals surface area (Å²) in [6.07, 6.45) is 1.93. The molecule has 0 unspecified atom stereocenters. The molecule has 0 aliphatic rings. The Balaban J connectivity index is 1.39. The van der Waals surface area contributed by atoms with Crippen molar-refractivity contribution in [2.45, 2.75) is 118 Å². The summed E-state index contributed by atoms with van der Waals surface area (Å²) in [5, 5.41) is 12.3. The van der Waals surface area contributed by atoms with Gasteiger partial charge in [-0.05, 0) is 132 Å². The maximum Gasteiger partial charge on any atom is 0.149 e. The second kappa shape index (κ2) is 16.7. The highest BCUT2D eigenvalue weighted by molar-refractivity contribution is 5.97. The molecule has 0 spiro atoms. The normalized spacial score (nSPS) is 12.5. The van der Waals surface area contributed by atoms with Crippen LogP contribution in [0.4, 0.5) is 0 Å². The summed E-state index contributed by atoms with van der Waals surface area (Å²) in [6, 6.07) is 48.4. The molecule has 4 heteroatoms. The Labute approximate surface area is 382 Å². The molecular weight excluding hydrogens is 779 g/mol. The molecule has 8 aromatic rings. The average molecular weight is 844 g/mol. The van der Waals surface area contributed by atoms with E-state index in [1.54, 1.807) is 0 Å². The molecule has 326 valence electrons. The van der Waals surface area contributed by atoms with Crippen molar-refractivity contribution < 1.29 is 5.11 Å². The van der Waals surface area contributed by atoms with Crippen LogP contribution in [0.15, 0.2) is 140 Å². The van der Waals surface area contributed by atoms with E-state index in [0.717, 1.165) is 61.6 Å². The summed E-state index contributed by atoms with van der Waals surface area (Å²) in [5.74, 6) is 1.39. The van der Waals surface area contributed by atoms with Crippen molar-refractivity contribution in [3.05, 3.63) is 167 Å². The standard InChI is InChI=1S/C60H65N3O/c1-37(2)43-33-49(38(3)4)56(64)50(34-43)57-62-55-48(20-17-21-54(55)63(57)53-27-24-41(35-51(53)60(11,12)13)39-18-15-14-16-19-39)44-30-45(32-47(31-44)59(8,9)10)52-36-42(28-29-61-52)40-22-25-46(26-23-40)58(5,6)7/h14-38,64H,1-13H3. The van der Waals surface area contributed by atoms with Crippen LogP contribution in [0.5, 0.6) is 5.75 Å². The number of phenols is 1. The minimum Gasteiger partial charge on any atom is -0.507 e. The van der Waals surface area contributed by atoms with Crippen molar-refractivity contribution in [1.82, 2.24) is 14.5 Å². The fraction of sp³-hybridized carbons (Fsp3) is 0.300. The average Bonchev–Trinajstić information content (AvgIpc) is 3.65. The first kappa shape index (κ1) is 44.4. The first-order valence-electron chi connectivity index (χ1n) is 23.0. The van der Waals surface area contributed by atoms with Gasteiger partial charge < -0.3 is 5.11 Å². The van der Waals surface area contributed by atoms with Gasteiger partial charge in [-0.15, -0.1) is 0 Å². The molecule has 0 amide bonds. The molecule has 64 heavy (non-hydrogen) atoms. The number of hydrogen-bond donors (Lipinski definition) is 1. The van der Waals surface area contributed by atoms with Crippen LogP contribution in [-0.4, -0.2) is 19.6 Å². The number of rotatable bonds is 8. The van der Waals surface area contributed by atoms with Gasteiger partial charge in [-0.1, -0.05) is 175 Å². The molecule has 1 N–H and O–H groups in total. The van der Waals surface area contributed by atoms with E-state index in [9.17, 15) is 5.11 Å². The van der Waals surface area contributed by atoms with E-state index in [2.05, 4.69) is 228 Å². The summed E-state index contributed by atoms with van der Waals surface area (Å²) in [7, 11) is 0. The number of aromatic hydroxyl groups is 1. The zero-order valence-electron chi connectivity index (χ0n) is 40.2. The molecule has 0 aliphatic carbocycles. The minimum atomic E-state index is -0.220. The summed E-state index contributed by atoms with van der Waals surface area (Å²) in [5.41, 5.74) is 17.9. The zero-order valence-corrected chi connectivity index (χ0v) is 40.2. The van der Waals surface area contributed by atoms with Crippen molar-refractivity contribution in [1.29, 1.82) is 0 Å². The van der Waals surface area contributed by atoms with Crippen LogP contribution >= 0.6 is 0 Å². The topological polar surface area (TPSA) is 50.9 Å². The van der Waals surface area contributed by atoms with Gasteiger partial charge in [0.1, 0.15) is 11.6 Å². The van der Waals surface area contributed by atoms with Gasteiger partial charge in [-0.2, -0.15) is 0 Å². The van der Waals surface area contributed by atoms with Crippen LogP contribution in [0.3, 0.4) is 0 Å². The van der Waals surface area contributed by atoms with Crippen molar-refractivity contribution >= 4 is 11.0 Å². The lowest BCUT2D eigenvalue weighted by atomic mass is 9.83. The first-order valence-corrected chi connectivity index (χ1v) is 23.0. The Morgan fingerprint density at radius 2 is 1.14 bits per heavy atom. The third-order valence-electron chi connectivity index (χ3n) is 12.8. The predicted molar refractivity (Wildman–Crippen MR) is 272 cm³/mol. The third-order valence-corrected chi connectivity index (χ3v) is 12.8. The van der Waals surface area contributed by atoms with E-state index in [4.69, 9.17) is 9.97 Å². The van der Waals surface area contributed by atoms with E-state index in [-0.39, 0.29) is 33.8 Å². The molecule has 0 atom stereocenters. The fourth-order valence-corrected chi connectivity index (χ4v) is 8.82. The van der Waals surface area contributed by atoms with E-state index < -0.39 is 0 Å². The van der Waals surface area contributed by atoms with Gasteiger partial charge in [0.2, 0.25) is 0 Å². The molecule has 8 rings (SSSR count). The molecule has 0 saturated heterocycles. The lowest BCUT2D eigenvalue weighted by molar-refractivity contribution is 0.466. The highest BCUT2D eigenvalue weighted by atomic mass is 16.3. The number of imidazole rings is 1. The minimum absolute atomic E-state index is 0.0859. The number of pyridine rings is 1. The highest BCUT2D eigenvalue weighted by Crippen LogP contribution is 2.45. The second-order valence-electron chi connectivity index (χ2n) is 21.4. The van der Waals surface area contributed by atoms with Crippen molar-refractivity contribution in [3.63, 3.8) is 0 Å². The number of hydrogen-bond acceptors (Lipinski definition) is 3. The van der Waals surface area contributed by atoms with Gasteiger partial charge in [0.05, 0.1) is 28.0 Å². The van der Waals surface area contributed by atoms with Crippen molar-refractivity contribution in [3.8, 4) is 67.5 Å². The van der Waals surface area contributed by atoms with E-state index >= 15 is 0 Å². The first-order chi connectivity index (χ1) is 30.2. The van der Waals surface area contributed by atoms with Gasteiger partial charge >= 0.3 is 0 Å². The lowest BCUT2D eigenvalue weighted by Crippen LogP contribution is -2.16. The number of para-hydroxylation sites is 1. The summed E-state index contributed by atoms with van der Waals surface area (Å²) in [6.45, 7) is 29.1. The van der Waals surface area contributed by atoms with Gasteiger partial charge in [-0.3, -0.25) is 9.55 Å². The predicted octanol–water partition coefficient (Wildman–Crippen LogP) is 16.6. The van der Waals surface area contributed by atoms with Crippen LogP contribution in [0, 0.1) is 0 Å². The number of benzene rings is 6. The molecule has 0 fully saturated rings. The largest absolute Gasteiger partial charge is 0.507 e. The quantitative estimate of drug-likeness (QED) is 0.166. The molecule has 0 aliphatic heterocycles. The van der Waals surface area contributed by atoms with Gasteiger partial charge in [0, 0.05) is 17.3 Å².